The molecular weight excluding hydrogens is 350 g/mol. The Morgan fingerprint density at radius 2 is 1.85 bits per heavy atom. The van der Waals surface area contributed by atoms with E-state index in [-0.39, 0.29) is 5.56 Å². The lowest BCUT2D eigenvalue weighted by atomic mass is 10.2. The van der Waals surface area contributed by atoms with Gasteiger partial charge in [0.2, 0.25) is 0 Å². The zero-order chi connectivity index (χ0) is 19.4. The predicted molar refractivity (Wildman–Crippen MR) is 100.0 cm³/mol. The Hall–Kier alpha value is -3.81. The fourth-order valence-corrected chi connectivity index (χ4v) is 2.44. The maximum absolute atomic E-state index is 12.4. The van der Waals surface area contributed by atoms with E-state index in [1.807, 2.05) is 0 Å². The van der Waals surface area contributed by atoms with E-state index in [0.29, 0.717) is 22.8 Å². The van der Waals surface area contributed by atoms with Crippen LogP contribution in [0.3, 0.4) is 0 Å². The molecule has 2 heterocycles. The monoisotopic (exact) mass is 367 g/mol. The quantitative estimate of drug-likeness (QED) is 0.737. The topological polar surface area (TPSA) is 105 Å². The zero-order valence-corrected chi connectivity index (χ0v) is 14.7. The minimum atomic E-state index is -0.545. The summed E-state index contributed by atoms with van der Waals surface area (Å²) in [5.41, 5.74) is 1.01. The fraction of sp³-hybridized carbons (Fsp3) is 0.105. The van der Waals surface area contributed by atoms with Gasteiger partial charge in [-0.3, -0.25) is 14.5 Å². The average Bonchev–Trinajstić information content (AvgIpc) is 3.22. The summed E-state index contributed by atoms with van der Waals surface area (Å²) in [7, 11) is 2.86. The van der Waals surface area contributed by atoms with Gasteiger partial charge in [0.15, 0.2) is 0 Å². The Morgan fingerprint density at radius 1 is 1.11 bits per heavy atom. The number of aromatic nitrogens is 1. The molecule has 138 valence electrons. The van der Waals surface area contributed by atoms with E-state index in [2.05, 4.69) is 15.0 Å². The number of amides is 2. The minimum absolute atomic E-state index is 0.0268. The molecule has 27 heavy (non-hydrogen) atoms. The van der Waals surface area contributed by atoms with Crippen LogP contribution in [0.2, 0.25) is 0 Å². The molecule has 0 aliphatic heterocycles. The number of rotatable bonds is 4. The van der Waals surface area contributed by atoms with Crippen LogP contribution in [0.1, 0.15) is 10.4 Å². The molecule has 0 spiro atoms. The third kappa shape index (κ3) is 3.90. The molecule has 0 saturated heterocycles. The molecule has 2 aromatic heterocycles. The lowest BCUT2D eigenvalue weighted by molar-refractivity contribution is 0.102. The molecule has 0 unspecified atom stereocenters. The molecule has 8 nitrogen and oxygen atoms in total. The number of benzene rings is 1. The number of hydrogen-bond donors (Lipinski definition) is 2. The molecule has 1 aromatic carbocycles. The fourth-order valence-electron chi connectivity index (χ4n) is 2.44. The zero-order valence-electron chi connectivity index (χ0n) is 14.7. The first-order valence-electron chi connectivity index (χ1n) is 8.00. The van der Waals surface area contributed by atoms with Crippen LogP contribution >= 0.6 is 0 Å². The van der Waals surface area contributed by atoms with Gasteiger partial charge in [-0.1, -0.05) is 0 Å². The summed E-state index contributed by atoms with van der Waals surface area (Å²) < 4.78 is 9.86. The largest absolute Gasteiger partial charge is 0.463 e. The summed E-state index contributed by atoms with van der Waals surface area (Å²) in [5.74, 6) is -0.0410. The van der Waals surface area contributed by atoms with Crippen molar-refractivity contribution in [3.8, 4) is 11.5 Å². The van der Waals surface area contributed by atoms with Crippen molar-refractivity contribution in [2.45, 2.75) is 0 Å². The predicted octanol–water partition coefficient (Wildman–Crippen LogP) is 3.09. The number of anilines is 2. The highest BCUT2D eigenvalue weighted by molar-refractivity contribution is 6.04. The molecule has 0 aliphatic rings. The first-order valence-corrected chi connectivity index (χ1v) is 8.00. The normalized spacial score (nSPS) is 10.3. The van der Waals surface area contributed by atoms with Crippen LogP contribution in [-0.2, 0) is 4.74 Å². The Morgan fingerprint density at radius 3 is 2.44 bits per heavy atom. The highest BCUT2D eigenvalue weighted by atomic mass is 16.5. The molecule has 0 radical (unpaired) electrons. The number of ether oxygens (including phenoxy) is 1. The molecule has 0 bridgehead atoms. The molecular formula is C19H17N3O5. The van der Waals surface area contributed by atoms with Gasteiger partial charge in [-0.15, -0.1) is 0 Å². The second-order valence-electron chi connectivity index (χ2n) is 5.62. The van der Waals surface area contributed by atoms with Crippen molar-refractivity contribution in [1.82, 2.24) is 4.98 Å². The Labute approximate surface area is 154 Å². The van der Waals surface area contributed by atoms with Crippen molar-refractivity contribution < 1.29 is 18.7 Å². The lowest BCUT2D eigenvalue weighted by Crippen LogP contribution is -2.26. The number of H-pyrrole nitrogens is 1. The summed E-state index contributed by atoms with van der Waals surface area (Å²) in [6.45, 7) is 0. The van der Waals surface area contributed by atoms with Crippen molar-refractivity contribution in [3.05, 3.63) is 70.7 Å². The van der Waals surface area contributed by atoms with E-state index >= 15 is 0 Å². The van der Waals surface area contributed by atoms with Crippen LogP contribution in [0.15, 0.2) is 64.0 Å². The van der Waals surface area contributed by atoms with Crippen LogP contribution in [0, 0.1) is 0 Å². The van der Waals surface area contributed by atoms with Crippen LogP contribution in [-0.4, -0.2) is 31.1 Å². The maximum atomic E-state index is 12.4. The van der Waals surface area contributed by atoms with Gasteiger partial charge in [0.25, 0.3) is 11.5 Å². The Kier molecular flexibility index (Phi) is 5.07. The summed E-state index contributed by atoms with van der Waals surface area (Å²) in [6, 6.07) is 13.0. The van der Waals surface area contributed by atoms with Crippen LogP contribution in [0.5, 0.6) is 0 Å². The number of carbonyl (C=O) groups excluding carboxylic acids is 2. The summed E-state index contributed by atoms with van der Waals surface area (Å²) >= 11 is 0. The smallest absolute Gasteiger partial charge is 0.413 e. The number of furan rings is 1. The average molecular weight is 367 g/mol. The van der Waals surface area contributed by atoms with Gasteiger partial charge in [0, 0.05) is 18.4 Å². The number of aromatic amines is 1. The van der Waals surface area contributed by atoms with E-state index in [0.717, 1.165) is 0 Å². The van der Waals surface area contributed by atoms with Gasteiger partial charge >= 0.3 is 6.09 Å². The standard InChI is InChI=1S/C19H17N3O5/c1-22(19(25)26-2)13-7-5-12(6-8-13)20-17(23)14-9-10-15(21-18(14)24)16-4-3-11-27-16/h3-11H,1-2H3,(H,20,23)(H,21,24). The van der Waals surface area contributed by atoms with Gasteiger partial charge in [0.1, 0.15) is 11.3 Å². The lowest BCUT2D eigenvalue weighted by Gasteiger charge is -2.15. The van der Waals surface area contributed by atoms with E-state index in [1.165, 1.54) is 24.3 Å². The van der Waals surface area contributed by atoms with Crippen molar-refractivity contribution in [2.75, 3.05) is 24.4 Å². The van der Waals surface area contributed by atoms with Gasteiger partial charge in [0.05, 0.1) is 19.1 Å². The van der Waals surface area contributed by atoms with Crippen LogP contribution in [0.4, 0.5) is 16.2 Å². The molecule has 0 atom stereocenters. The molecule has 3 aromatic rings. The molecule has 0 aliphatic carbocycles. The van der Waals surface area contributed by atoms with Crippen LogP contribution in [0.25, 0.3) is 11.5 Å². The Bertz CT molecular complexity index is 1010. The number of hydrogen-bond acceptors (Lipinski definition) is 5. The summed E-state index contributed by atoms with van der Waals surface area (Å²) in [4.78, 5) is 40.0. The van der Waals surface area contributed by atoms with E-state index in [1.54, 1.807) is 49.5 Å². The second kappa shape index (κ2) is 7.61. The first-order chi connectivity index (χ1) is 13.0. The van der Waals surface area contributed by atoms with Gasteiger partial charge in [-0.05, 0) is 48.5 Å². The summed E-state index contributed by atoms with van der Waals surface area (Å²) in [6.07, 6.45) is 0.991. The van der Waals surface area contributed by atoms with E-state index < -0.39 is 17.6 Å². The van der Waals surface area contributed by atoms with E-state index in [9.17, 15) is 14.4 Å². The van der Waals surface area contributed by atoms with E-state index in [4.69, 9.17) is 4.42 Å². The highest BCUT2D eigenvalue weighted by Crippen LogP contribution is 2.19. The second-order valence-corrected chi connectivity index (χ2v) is 5.62. The molecule has 0 fully saturated rings. The number of methoxy groups -OCH3 is 1. The number of nitrogens with zero attached hydrogens (tertiary/aromatic N) is 1. The summed E-state index contributed by atoms with van der Waals surface area (Å²) in [5, 5.41) is 2.65. The highest BCUT2D eigenvalue weighted by Gasteiger charge is 2.14. The number of pyridine rings is 1. The number of nitrogens with one attached hydrogen (secondary N) is 2. The van der Waals surface area contributed by atoms with Crippen molar-refractivity contribution in [3.63, 3.8) is 0 Å². The van der Waals surface area contributed by atoms with Crippen molar-refractivity contribution in [1.29, 1.82) is 0 Å². The number of carbonyl (C=O) groups is 2. The van der Waals surface area contributed by atoms with Gasteiger partial charge in [-0.25, -0.2) is 4.79 Å². The first kappa shape index (κ1) is 18.0. The van der Waals surface area contributed by atoms with Gasteiger partial charge in [-0.2, -0.15) is 0 Å². The maximum Gasteiger partial charge on any atom is 0.413 e. The molecule has 2 amide bonds. The Balaban J connectivity index is 1.74. The SMILES string of the molecule is COC(=O)N(C)c1ccc(NC(=O)c2ccc(-c3ccco3)[nH]c2=O)cc1. The van der Waals surface area contributed by atoms with Crippen molar-refractivity contribution >= 4 is 23.4 Å². The van der Waals surface area contributed by atoms with Crippen LogP contribution < -0.4 is 15.8 Å². The third-order valence-corrected chi connectivity index (χ3v) is 3.90. The van der Waals surface area contributed by atoms with Crippen molar-refractivity contribution in [2.24, 2.45) is 0 Å². The molecule has 3 rings (SSSR count). The molecule has 8 heteroatoms. The molecule has 2 N–H and O–H groups in total. The third-order valence-electron chi connectivity index (χ3n) is 3.90. The minimum Gasteiger partial charge on any atom is -0.463 e. The van der Waals surface area contributed by atoms with Gasteiger partial charge < -0.3 is 19.5 Å². The molecule has 0 saturated carbocycles.